The van der Waals surface area contributed by atoms with Gasteiger partial charge in [0.15, 0.2) is 0 Å². The molecule has 3 unspecified atom stereocenters. The van der Waals surface area contributed by atoms with E-state index in [9.17, 15) is 0 Å². The Hall–Kier alpha value is -0.160. The smallest absolute Gasteiger partial charge is 0.0827 e. The van der Waals surface area contributed by atoms with Gasteiger partial charge in [-0.25, -0.2) is 0 Å². The molecule has 2 fully saturated rings. The fraction of sp³-hybridized carbons (Fsp3) is 1.00. The highest BCUT2D eigenvalue weighted by atomic mass is 16.5. The maximum absolute atomic E-state index is 5.91. The predicted octanol–water partition coefficient (Wildman–Crippen LogP) is 0.864. The first-order chi connectivity index (χ1) is 8.29. The molecule has 2 rings (SSSR count). The van der Waals surface area contributed by atoms with Crippen molar-refractivity contribution in [2.75, 3.05) is 40.0 Å². The summed E-state index contributed by atoms with van der Waals surface area (Å²) >= 11 is 0. The minimum atomic E-state index is 0.370. The largest absolute Gasteiger partial charge is 0.385 e. The lowest BCUT2D eigenvalue weighted by Crippen LogP contribution is -2.50. The van der Waals surface area contributed by atoms with Crippen molar-refractivity contribution in [3.63, 3.8) is 0 Å². The molecule has 0 radical (unpaired) electrons. The van der Waals surface area contributed by atoms with Gasteiger partial charge < -0.3 is 14.8 Å². The van der Waals surface area contributed by atoms with Crippen molar-refractivity contribution >= 4 is 0 Å². The number of hydrogen-bond acceptors (Lipinski definition) is 4. The monoisotopic (exact) mass is 242 g/mol. The molecule has 0 aliphatic carbocycles. The molecule has 2 aliphatic heterocycles. The van der Waals surface area contributed by atoms with Gasteiger partial charge in [0.1, 0.15) is 0 Å². The number of ether oxygens (including phenoxy) is 2. The quantitative estimate of drug-likeness (QED) is 0.749. The summed E-state index contributed by atoms with van der Waals surface area (Å²) in [5, 5.41) is 3.54. The van der Waals surface area contributed by atoms with Crippen LogP contribution in [0, 0.1) is 0 Å². The Morgan fingerprint density at radius 2 is 2.41 bits per heavy atom. The molecule has 0 spiro atoms. The third kappa shape index (κ3) is 3.91. The second-order valence-corrected chi connectivity index (χ2v) is 5.34. The van der Waals surface area contributed by atoms with Gasteiger partial charge in [0, 0.05) is 38.9 Å². The van der Waals surface area contributed by atoms with Crippen LogP contribution in [0.2, 0.25) is 0 Å². The molecule has 3 atom stereocenters. The van der Waals surface area contributed by atoms with Crippen LogP contribution in [0.15, 0.2) is 0 Å². The summed E-state index contributed by atoms with van der Waals surface area (Å²) in [7, 11) is 1.75. The average molecular weight is 242 g/mol. The standard InChI is InChI=1S/C13H26N2O2/c1-11(5-7-16-2)14-8-13-9-15-6-3-4-12(15)10-17-13/h11-14H,3-10H2,1-2H3. The van der Waals surface area contributed by atoms with Crippen molar-refractivity contribution in [2.45, 2.75) is 44.4 Å². The van der Waals surface area contributed by atoms with E-state index in [1.54, 1.807) is 7.11 Å². The van der Waals surface area contributed by atoms with Gasteiger partial charge >= 0.3 is 0 Å². The highest BCUT2D eigenvalue weighted by Crippen LogP contribution is 2.22. The number of hydrogen-bond donors (Lipinski definition) is 1. The van der Waals surface area contributed by atoms with Gasteiger partial charge in [-0.1, -0.05) is 0 Å². The van der Waals surface area contributed by atoms with Crippen LogP contribution in [0.1, 0.15) is 26.2 Å². The third-order valence-electron chi connectivity index (χ3n) is 3.91. The highest BCUT2D eigenvalue weighted by Gasteiger charge is 2.31. The zero-order valence-corrected chi connectivity index (χ0v) is 11.2. The number of rotatable bonds is 6. The Bertz CT molecular complexity index is 225. The fourth-order valence-corrected chi connectivity index (χ4v) is 2.74. The van der Waals surface area contributed by atoms with Crippen molar-refractivity contribution in [1.29, 1.82) is 0 Å². The summed E-state index contributed by atoms with van der Waals surface area (Å²) in [5.41, 5.74) is 0. The summed E-state index contributed by atoms with van der Waals surface area (Å²) in [5.74, 6) is 0. The van der Waals surface area contributed by atoms with Gasteiger partial charge in [0.05, 0.1) is 12.7 Å². The molecule has 0 aromatic heterocycles. The van der Waals surface area contributed by atoms with E-state index >= 15 is 0 Å². The highest BCUT2D eigenvalue weighted by molar-refractivity contribution is 4.86. The molecule has 0 saturated carbocycles. The molecule has 100 valence electrons. The Morgan fingerprint density at radius 1 is 1.53 bits per heavy atom. The van der Waals surface area contributed by atoms with E-state index in [-0.39, 0.29) is 0 Å². The van der Waals surface area contributed by atoms with Crippen LogP contribution < -0.4 is 5.32 Å². The van der Waals surface area contributed by atoms with Crippen LogP contribution in [0.3, 0.4) is 0 Å². The zero-order chi connectivity index (χ0) is 12.1. The lowest BCUT2D eigenvalue weighted by Gasteiger charge is -2.35. The van der Waals surface area contributed by atoms with Crippen LogP contribution in [-0.4, -0.2) is 63.0 Å². The summed E-state index contributed by atoms with van der Waals surface area (Å²) < 4.78 is 11.0. The first-order valence-corrected chi connectivity index (χ1v) is 6.87. The van der Waals surface area contributed by atoms with Gasteiger partial charge in [0.2, 0.25) is 0 Å². The van der Waals surface area contributed by atoms with Crippen molar-refractivity contribution < 1.29 is 9.47 Å². The fourth-order valence-electron chi connectivity index (χ4n) is 2.74. The second kappa shape index (κ2) is 6.69. The normalized spacial score (nSPS) is 31.4. The summed E-state index contributed by atoms with van der Waals surface area (Å²) in [6, 6.07) is 1.21. The molecule has 0 bridgehead atoms. The van der Waals surface area contributed by atoms with E-state index in [0.717, 1.165) is 32.7 Å². The first-order valence-electron chi connectivity index (χ1n) is 6.87. The average Bonchev–Trinajstić information content (AvgIpc) is 2.81. The van der Waals surface area contributed by atoms with Gasteiger partial charge in [0.25, 0.3) is 0 Å². The SMILES string of the molecule is COCCC(C)NCC1CN2CCCC2CO1. The topological polar surface area (TPSA) is 33.7 Å². The number of nitrogens with zero attached hydrogens (tertiary/aromatic N) is 1. The van der Waals surface area contributed by atoms with Crippen LogP contribution in [0.4, 0.5) is 0 Å². The lowest BCUT2D eigenvalue weighted by molar-refractivity contribution is -0.0479. The Balaban J connectivity index is 1.63. The summed E-state index contributed by atoms with van der Waals surface area (Å²) in [6.45, 7) is 7.31. The van der Waals surface area contributed by atoms with E-state index in [4.69, 9.17) is 9.47 Å². The minimum Gasteiger partial charge on any atom is -0.385 e. The predicted molar refractivity (Wildman–Crippen MR) is 68.3 cm³/mol. The molecular formula is C13H26N2O2. The molecule has 2 saturated heterocycles. The van der Waals surface area contributed by atoms with Crippen LogP contribution >= 0.6 is 0 Å². The van der Waals surface area contributed by atoms with E-state index in [0.29, 0.717) is 18.2 Å². The summed E-state index contributed by atoms with van der Waals surface area (Å²) in [6.07, 6.45) is 4.10. The van der Waals surface area contributed by atoms with E-state index in [1.165, 1.54) is 19.4 Å². The molecule has 2 heterocycles. The van der Waals surface area contributed by atoms with Crippen molar-refractivity contribution in [1.82, 2.24) is 10.2 Å². The molecule has 4 heteroatoms. The molecule has 2 aliphatic rings. The zero-order valence-electron chi connectivity index (χ0n) is 11.2. The molecule has 1 N–H and O–H groups in total. The van der Waals surface area contributed by atoms with Crippen LogP contribution in [-0.2, 0) is 9.47 Å². The van der Waals surface area contributed by atoms with E-state index < -0.39 is 0 Å². The Morgan fingerprint density at radius 3 is 3.24 bits per heavy atom. The van der Waals surface area contributed by atoms with Crippen molar-refractivity contribution in [3.8, 4) is 0 Å². The van der Waals surface area contributed by atoms with Gasteiger partial charge in [-0.15, -0.1) is 0 Å². The molecule has 0 aromatic rings. The maximum atomic E-state index is 5.91. The Labute approximate surface area is 105 Å². The molecular weight excluding hydrogens is 216 g/mol. The number of nitrogens with one attached hydrogen (secondary N) is 1. The summed E-state index contributed by atoms with van der Waals surface area (Å²) in [4.78, 5) is 2.59. The maximum Gasteiger partial charge on any atom is 0.0827 e. The van der Waals surface area contributed by atoms with Crippen LogP contribution in [0.5, 0.6) is 0 Å². The number of methoxy groups -OCH3 is 1. The van der Waals surface area contributed by atoms with Gasteiger partial charge in [-0.05, 0) is 32.7 Å². The number of morpholine rings is 1. The molecule has 0 amide bonds. The third-order valence-corrected chi connectivity index (χ3v) is 3.91. The van der Waals surface area contributed by atoms with Crippen LogP contribution in [0.25, 0.3) is 0 Å². The molecule has 0 aromatic carbocycles. The van der Waals surface area contributed by atoms with E-state index in [1.807, 2.05) is 0 Å². The molecule has 4 nitrogen and oxygen atoms in total. The van der Waals surface area contributed by atoms with Crippen molar-refractivity contribution in [2.24, 2.45) is 0 Å². The van der Waals surface area contributed by atoms with E-state index in [2.05, 4.69) is 17.1 Å². The number of fused-ring (bicyclic) bond motifs is 1. The lowest BCUT2D eigenvalue weighted by atomic mass is 10.1. The van der Waals surface area contributed by atoms with Gasteiger partial charge in [-0.2, -0.15) is 0 Å². The minimum absolute atomic E-state index is 0.370. The van der Waals surface area contributed by atoms with Crippen molar-refractivity contribution in [3.05, 3.63) is 0 Å². The second-order valence-electron chi connectivity index (χ2n) is 5.34. The van der Waals surface area contributed by atoms with Gasteiger partial charge in [-0.3, -0.25) is 4.90 Å². The first kappa shape index (κ1) is 13.3. The Kier molecular flexibility index (Phi) is 5.22. The molecule has 17 heavy (non-hydrogen) atoms.